The van der Waals surface area contributed by atoms with Crippen LogP contribution in [0.5, 0.6) is 0 Å². The number of para-hydroxylation sites is 1. The normalized spacial score (nSPS) is 15.9. The molecule has 4 heteroatoms. The minimum absolute atomic E-state index is 0.289. The third-order valence-corrected chi connectivity index (χ3v) is 3.49. The summed E-state index contributed by atoms with van der Waals surface area (Å²) >= 11 is 0. The van der Waals surface area contributed by atoms with E-state index in [9.17, 15) is 9.59 Å². The number of fused-ring (bicyclic) bond motifs is 1. The van der Waals surface area contributed by atoms with Crippen LogP contribution in [0.4, 0.5) is 5.69 Å². The molecule has 110 valence electrons. The monoisotopic (exact) mass is 292 g/mol. The van der Waals surface area contributed by atoms with Crippen molar-refractivity contribution in [3.8, 4) is 0 Å². The molecule has 22 heavy (non-hydrogen) atoms. The fraction of sp³-hybridized carbons (Fsp3) is 0.111. The average molecular weight is 292 g/mol. The number of anilines is 1. The van der Waals surface area contributed by atoms with Crippen molar-refractivity contribution < 1.29 is 9.59 Å². The highest BCUT2D eigenvalue weighted by Crippen LogP contribution is 2.31. The van der Waals surface area contributed by atoms with Crippen molar-refractivity contribution in [2.24, 2.45) is 0 Å². The van der Waals surface area contributed by atoms with Gasteiger partial charge in [-0.2, -0.15) is 0 Å². The fourth-order valence-corrected chi connectivity index (χ4v) is 2.55. The molecule has 2 aromatic carbocycles. The van der Waals surface area contributed by atoms with Crippen LogP contribution in [0, 0.1) is 0 Å². The summed E-state index contributed by atoms with van der Waals surface area (Å²) in [5, 5.41) is 0. The number of carbonyl (C=O) groups excluding carboxylic acids is 2. The number of imide groups is 1. The zero-order valence-corrected chi connectivity index (χ0v) is 12.5. The maximum absolute atomic E-state index is 12.8. The van der Waals surface area contributed by atoms with E-state index in [4.69, 9.17) is 0 Å². The van der Waals surface area contributed by atoms with Crippen molar-refractivity contribution in [1.29, 1.82) is 0 Å². The third-order valence-electron chi connectivity index (χ3n) is 3.49. The molecule has 0 N–H and O–H groups in total. The smallest absolute Gasteiger partial charge is 0.267 e. The van der Waals surface area contributed by atoms with Crippen LogP contribution in [0.15, 0.2) is 60.8 Å². The molecule has 0 saturated heterocycles. The van der Waals surface area contributed by atoms with Gasteiger partial charge in [0.2, 0.25) is 0 Å². The van der Waals surface area contributed by atoms with Gasteiger partial charge >= 0.3 is 0 Å². The van der Waals surface area contributed by atoms with Crippen LogP contribution in [0.2, 0.25) is 0 Å². The Balaban J connectivity index is 2.21. The van der Waals surface area contributed by atoms with E-state index in [-0.39, 0.29) is 11.8 Å². The molecule has 0 aliphatic carbocycles. The van der Waals surface area contributed by atoms with E-state index in [1.54, 1.807) is 24.4 Å². The van der Waals surface area contributed by atoms with Gasteiger partial charge in [0.05, 0.1) is 11.3 Å². The highest BCUT2D eigenvalue weighted by atomic mass is 16.2. The molecule has 0 fully saturated rings. The topological polar surface area (TPSA) is 40.6 Å². The third kappa shape index (κ3) is 2.29. The van der Waals surface area contributed by atoms with Crippen LogP contribution in [-0.2, 0) is 4.79 Å². The van der Waals surface area contributed by atoms with Crippen LogP contribution >= 0.6 is 0 Å². The second-order valence-electron chi connectivity index (χ2n) is 5.33. The van der Waals surface area contributed by atoms with E-state index in [1.807, 2.05) is 55.4 Å². The Bertz CT molecular complexity index is 764. The van der Waals surface area contributed by atoms with Gasteiger partial charge in [0.1, 0.15) is 0 Å². The summed E-state index contributed by atoms with van der Waals surface area (Å²) in [4.78, 5) is 28.6. The summed E-state index contributed by atoms with van der Waals surface area (Å²) in [5.41, 5.74) is 2.32. The summed E-state index contributed by atoms with van der Waals surface area (Å²) in [6, 6.07) is 16.2. The van der Waals surface area contributed by atoms with E-state index in [0.29, 0.717) is 22.4 Å². The van der Waals surface area contributed by atoms with Crippen LogP contribution in [-0.4, -0.2) is 30.8 Å². The maximum atomic E-state index is 12.8. The number of carbonyl (C=O) groups is 2. The molecule has 3 rings (SSSR count). The molecule has 2 aromatic rings. The molecule has 0 radical (unpaired) electrons. The molecule has 0 spiro atoms. The SMILES string of the molecule is CN(C)/C=C1/C(=O)N(c2ccccc2)C(=O)c2ccccc21. The van der Waals surface area contributed by atoms with E-state index in [2.05, 4.69) is 0 Å². The van der Waals surface area contributed by atoms with E-state index in [0.717, 1.165) is 0 Å². The van der Waals surface area contributed by atoms with Crippen molar-refractivity contribution in [3.05, 3.63) is 71.9 Å². The standard InChI is InChI=1S/C18H16N2O2/c1-19(2)12-16-14-10-6-7-11-15(14)17(21)20(18(16)22)13-8-4-3-5-9-13/h3-12H,1-2H3/b16-12+. The first-order valence-electron chi connectivity index (χ1n) is 7.01. The maximum Gasteiger partial charge on any atom is 0.267 e. The Morgan fingerprint density at radius 2 is 1.41 bits per heavy atom. The first-order valence-corrected chi connectivity index (χ1v) is 7.01. The Morgan fingerprint density at radius 1 is 0.818 bits per heavy atom. The zero-order chi connectivity index (χ0) is 15.7. The van der Waals surface area contributed by atoms with Crippen LogP contribution in [0.1, 0.15) is 15.9 Å². The number of rotatable bonds is 2. The number of hydrogen-bond acceptors (Lipinski definition) is 3. The predicted octanol–water partition coefficient (Wildman–Crippen LogP) is 2.78. The summed E-state index contributed by atoms with van der Waals surface area (Å²) in [7, 11) is 3.71. The molecule has 1 aliphatic rings. The first kappa shape index (κ1) is 14.1. The summed E-state index contributed by atoms with van der Waals surface area (Å²) in [5.74, 6) is -0.591. The van der Waals surface area contributed by atoms with Gasteiger partial charge in [-0.3, -0.25) is 9.59 Å². The van der Waals surface area contributed by atoms with Gasteiger partial charge in [-0.05, 0) is 18.2 Å². The minimum atomic E-state index is -0.302. The average Bonchev–Trinajstić information content (AvgIpc) is 2.52. The Morgan fingerprint density at radius 3 is 2.05 bits per heavy atom. The molecule has 0 bridgehead atoms. The molecule has 0 saturated carbocycles. The van der Waals surface area contributed by atoms with Gasteiger partial charge in [0.15, 0.2) is 0 Å². The fourth-order valence-electron chi connectivity index (χ4n) is 2.55. The second kappa shape index (κ2) is 5.48. The van der Waals surface area contributed by atoms with E-state index >= 15 is 0 Å². The molecule has 1 heterocycles. The van der Waals surface area contributed by atoms with Crippen LogP contribution < -0.4 is 4.90 Å². The van der Waals surface area contributed by atoms with Gasteiger partial charge in [0, 0.05) is 31.4 Å². The predicted molar refractivity (Wildman–Crippen MR) is 86.4 cm³/mol. The summed E-state index contributed by atoms with van der Waals surface area (Å²) < 4.78 is 0. The lowest BCUT2D eigenvalue weighted by atomic mass is 9.93. The second-order valence-corrected chi connectivity index (χ2v) is 5.33. The van der Waals surface area contributed by atoms with Crippen molar-refractivity contribution in [3.63, 3.8) is 0 Å². The van der Waals surface area contributed by atoms with Crippen molar-refractivity contribution in [2.45, 2.75) is 0 Å². The molecule has 0 aromatic heterocycles. The lowest BCUT2D eigenvalue weighted by molar-refractivity contribution is -0.112. The van der Waals surface area contributed by atoms with Gasteiger partial charge in [-0.15, -0.1) is 0 Å². The van der Waals surface area contributed by atoms with Crippen molar-refractivity contribution >= 4 is 23.1 Å². The van der Waals surface area contributed by atoms with Crippen LogP contribution in [0.25, 0.3) is 5.57 Å². The lowest BCUT2D eigenvalue weighted by Crippen LogP contribution is -2.42. The van der Waals surface area contributed by atoms with Crippen molar-refractivity contribution in [1.82, 2.24) is 4.90 Å². The largest absolute Gasteiger partial charge is 0.383 e. The number of benzene rings is 2. The van der Waals surface area contributed by atoms with Gasteiger partial charge in [-0.25, -0.2) is 4.90 Å². The van der Waals surface area contributed by atoms with E-state index in [1.165, 1.54) is 4.90 Å². The molecule has 2 amide bonds. The minimum Gasteiger partial charge on any atom is -0.383 e. The summed E-state index contributed by atoms with van der Waals surface area (Å²) in [6.45, 7) is 0. The molecular formula is C18H16N2O2. The number of nitrogens with zero attached hydrogens (tertiary/aromatic N) is 2. The summed E-state index contributed by atoms with van der Waals surface area (Å²) in [6.07, 6.45) is 1.75. The Labute approximate surface area is 129 Å². The molecule has 4 nitrogen and oxygen atoms in total. The molecular weight excluding hydrogens is 276 g/mol. The highest BCUT2D eigenvalue weighted by molar-refractivity contribution is 6.40. The molecule has 0 unspecified atom stereocenters. The highest BCUT2D eigenvalue weighted by Gasteiger charge is 2.35. The van der Waals surface area contributed by atoms with Gasteiger partial charge in [0.25, 0.3) is 11.8 Å². The quantitative estimate of drug-likeness (QED) is 0.631. The Hall–Kier alpha value is -2.88. The number of hydrogen-bond donors (Lipinski definition) is 0. The lowest BCUT2D eigenvalue weighted by Gasteiger charge is -2.29. The first-order chi connectivity index (χ1) is 10.6. The van der Waals surface area contributed by atoms with Gasteiger partial charge in [-0.1, -0.05) is 36.4 Å². The van der Waals surface area contributed by atoms with Crippen LogP contribution in [0.3, 0.4) is 0 Å². The number of amides is 2. The molecule has 0 atom stereocenters. The van der Waals surface area contributed by atoms with E-state index < -0.39 is 0 Å². The van der Waals surface area contributed by atoms with Gasteiger partial charge < -0.3 is 4.90 Å². The zero-order valence-electron chi connectivity index (χ0n) is 12.5. The van der Waals surface area contributed by atoms with Crippen molar-refractivity contribution in [2.75, 3.05) is 19.0 Å². The Kier molecular flexibility index (Phi) is 3.51. The molecule has 1 aliphatic heterocycles.